The zero-order chi connectivity index (χ0) is 28.0. The van der Waals surface area contributed by atoms with Crippen molar-refractivity contribution in [3.8, 4) is 11.5 Å². The van der Waals surface area contributed by atoms with Crippen molar-refractivity contribution in [2.24, 2.45) is 22.5 Å². The molecule has 0 bridgehead atoms. The Bertz CT molecular complexity index is 958. The molecule has 0 aliphatic rings. The lowest BCUT2D eigenvalue weighted by Crippen LogP contribution is -2.42. The van der Waals surface area contributed by atoms with Crippen molar-refractivity contribution in [1.82, 2.24) is 0 Å². The molecule has 3 unspecified atom stereocenters. The second-order valence-corrected chi connectivity index (χ2v) is 11.7. The molecule has 36 heavy (non-hydrogen) atoms. The molecule has 0 heterocycles. The summed E-state index contributed by atoms with van der Waals surface area (Å²) in [7, 11) is 0. The molecular weight excluding hydrogens is 466 g/mol. The van der Waals surface area contributed by atoms with Gasteiger partial charge < -0.3 is 25.1 Å². The van der Waals surface area contributed by atoms with Gasteiger partial charge in [0.2, 0.25) is 0 Å². The van der Waals surface area contributed by atoms with Crippen molar-refractivity contribution < 1.29 is 38.5 Å². The minimum atomic E-state index is -1.34. The third-order valence-corrected chi connectivity index (χ3v) is 5.48. The van der Waals surface area contributed by atoms with E-state index in [1.165, 1.54) is 19.1 Å². The van der Waals surface area contributed by atoms with Gasteiger partial charge in [0.15, 0.2) is 11.5 Å². The predicted molar refractivity (Wildman–Crippen MR) is 135 cm³/mol. The molecule has 1 aromatic rings. The first-order valence-electron chi connectivity index (χ1n) is 12.0. The number of carboxylic acids is 1. The molecule has 0 aromatic heterocycles. The van der Waals surface area contributed by atoms with Crippen molar-refractivity contribution in [2.75, 3.05) is 0 Å². The Kier molecular flexibility index (Phi) is 10.7. The lowest BCUT2D eigenvalue weighted by molar-refractivity contribution is -0.148. The first-order chi connectivity index (χ1) is 16.3. The van der Waals surface area contributed by atoms with Crippen LogP contribution in [0.5, 0.6) is 11.5 Å². The van der Waals surface area contributed by atoms with Crippen LogP contribution in [-0.2, 0) is 23.9 Å². The highest BCUT2D eigenvalue weighted by atomic mass is 16.6. The maximum Gasteiger partial charge on any atom is 0.321 e. The smallest absolute Gasteiger partial charge is 0.321 e. The third kappa shape index (κ3) is 10.4. The van der Waals surface area contributed by atoms with Crippen LogP contribution in [0, 0.1) is 16.7 Å². The standard InChI is InChI=1S/C27H41NO8/c1-15(16(2)34-17(3)29)23(24(28)25(32)33)18-10-11-19(35-21(30)13-26(4,5)6)20(12-18)36-22(31)14-27(7,8)9/h10-12,15-16,23-24H,13-14,28H2,1-9H3,(H,32,33)/t15?,16?,23?,24-/m0/s1. The van der Waals surface area contributed by atoms with Gasteiger partial charge >= 0.3 is 23.9 Å². The van der Waals surface area contributed by atoms with Crippen LogP contribution in [0.4, 0.5) is 0 Å². The van der Waals surface area contributed by atoms with Crippen molar-refractivity contribution in [1.29, 1.82) is 0 Å². The van der Waals surface area contributed by atoms with E-state index in [2.05, 4.69) is 0 Å². The van der Waals surface area contributed by atoms with E-state index < -0.39 is 47.9 Å². The van der Waals surface area contributed by atoms with Gasteiger partial charge in [-0.15, -0.1) is 0 Å². The van der Waals surface area contributed by atoms with Crippen molar-refractivity contribution in [2.45, 2.75) is 93.2 Å². The maximum absolute atomic E-state index is 12.6. The topological polar surface area (TPSA) is 142 Å². The molecule has 0 spiro atoms. The molecule has 0 aliphatic carbocycles. The number of aliphatic carboxylic acids is 1. The molecule has 9 heteroatoms. The molecule has 0 radical (unpaired) electrons. The molecule has 202 valence electrons. The summed E-state index contributed by atoms with van der Waals surface area (Å²) in [5, 5.41) is 9.66. The summed E-state index contributed by atoms with van der Waals surface area (Å²) < 4.78 is 16.4. The van der Waals surface area contributed by atoms with E-state index in [9.17, 15) is 24.3 Å². The second kappa shape index (κ2) is 12.3. The molecule has 3 N–H and O–H groups in total. The van der Waals surface area contributed by atoms with E-state index in [4.69, 9.17) is 19.9 Å². The summed E-state index contributed by atoms with van der Waals surface area (Å²) in [4.78, 5) is 48.5. The monoisotopic (exact) mass is 507 g/mol. The second-order valence-electron chi connectivity index (χ2n) is 11.7. The van der Waals surface area contributed by atoms with Crippen LogP contribution in [0.1, 0.15) is 86.6 Å². The van der Waals surface area contributed by atoms with Crippen molar-refractivity contribution in [3.05, 3.63) is 23.8 Å². The van der Waals surface area contributed by atoms with Crippen LogP contribution < -0.4 is 15.2 Å². The van der Waals surface area contributed by atoms with Crippen LogP contribution in [-0.4, -0.2) is 41.1 Å². The predicted octanol–water partition coefficient (Wildman–Crippen LogP) is 4.45. The Balaban J connectivity index is 3.52. The van der Waals surface area contributed by atoms with Crippen molar-refractivity contribution >= 4 is 23.9 Å². The summed E-state index contributed by atoms with van der Waals surface area (Å²) in [5.74, 6) is -4.07. The molecule has 4 atom stereocenters. The Morgan fingerprint density at radius 2 is 1.36 bits per heavy atom. The summed E-state index contributed by atoms with van der Waals surface area (Å²) in [5.41, 5.74) is 5.82. The quantitative estimate of drug-likeness (QED) is 0.347. The molecule has 0 saturated heterocycles. The van der Waals surface area contributed by atoms with Gasteiger partial charge in [0.05, 0.1) is 12.8 Å². The van der Waals surface area contributed by atoms with Crippen LogP contribution in [0.3, 0.4) is 0 Å². The first kappa shape index (κ1) is 31.1. The van der Waals surface area contributed by atoms with Gasteiger partial charge in [0, 0.05) is 18.8 Å². The zero-order valence-corrected chi connectivity index (χ0v) is 22.8. The van der Waals surface area contributed by atoms with Crippen LogP contribution in [0.15, 0.2) is 18.2 Å². The van der Waals surface area contributed by atoms with E-state index in [0.29, 0.717) is 5.56 Å². The third-order valence-electron chi connectivity index (χ3n) is 5.48. The summed E-state index contributed by atoms with van der Waals surface area (Å²) in [6, 6.07) is 3.15. The first-order valence-corrected chi connectivity index (χ1v) is 12.0. The molecule has 1 aromatic carbocycles. The number of nitrogens with two attached hydrogens (primary N) is 1. The highest BCUT2D eigenvalue weighted by Crippen LogP contribution is 2.38. The molecule has 0 aliphatic heterocycles. The number of hydrogen-bond acceptors (Lipinski definition) is 8. The van der Waals surface area contributed by atoms with E-state index in [-0.39, 0.29) is 35.2 Å². The number of carboxylic acid groups (broad SMARTS) is 1. The van der Waals surface area contributed by atoms with Gasteiger partial charge in [-0.1, -0.05) is 54.5 Å². The van der Waals surface area contributed by atoms with Gasteiger partial charge in [0.1, 0.15) is 12.1 Å². The van der Waals surface area contributed by atoms with Crippen LogP contribution in [0.2, 0.25) is 0 Å². The zero-order valence-electron chi connectivity index (χ0n) is 22.8. The number of hydrogen-bond donors (Lipinski definition) is 2. The number of rotatable bonds is 10. The fraction of sp³-hybridized carbons (Fsp3) is 0.630. The summed E-state index contributed by atoms with van der Waals surface area (Å²) >= 11 is 0. The van der Waals surface area contributed by atoms with Crippen molar-refractivity contribution in [3.63, 3.8) is 0 Å². The number of carbonyl (C=O) groups is 4. The molecule has 9 nitrogen and oxygen atoms in total. The Morgan fingerprint density at radius 1 is 0.889 bits per heavy atom. The lowest BCUT2D eigenvalue weighted by Gasteiger charge is -2.31. The largest absolute Gasteiger partial charge is 0.480 e. The average molecular weight is 508 g/mol. The van der Waals surface area contributed by atoms with E-state index in [1.807, 2.05) is 41.5 Å². The number of esters is 3. The Morgan fingerprint density at radius 3 is 1.78 bits per heavy atom. The minimum absolute atomic E-state index is 0.0149. The Hall–Kier alpha value is -2.94. The van der Waals surface area contributed by atoms with Crippen LogP contribution >= 0.6 is 0 Å². The highest BCUT2D eigenvalue weighted by molar-refractivity contribution is 5.78. The minimum Gasteiger partial charge on any atom is -0.480 e. The number of carbonyl (C=O) groups excluding carboxylic acids is 3. The molecular formula is C27H41NO8. The van der Waals surface area contributed by atoms with E-state index >= 15 is 0 Å². The van der Waals surface area contributed by atoms with E-state index in [0.717, 1.165) is 0 Å². The highest BCUT2D eigenvalue weighted by Gasteiger charge is 2.35. The number of benzene rings is 1. The van der Waals surface area contributed by atoms with Gasteiger partial charge in [-0.3, -0.25) is 19.2 Å². The van der Waals surface area contributed by atoms with E-state index in [1.54, 1.807) is 19.9 Å². The van der Waals surface area contributed by atoms with Gasteiger partial charge in [0.25, 0.3) is 0 Å². The number of ether oxygens (including phenoxy) is 3. The molecule has 0 amide bonds. The fourth-order valence-corrected chi connectivity index (χ4v) is 3.73. The summed E-state index contributed by atoms with van der Waals surface area (Å²) in [6.45, 7) is 16.0. The summed E-state index contributed by atoms with van der Waals surface area (Å²) in [6.07, 6.45) is -0.410. The fourth-order valence-electron chi connectivity index (χ4n) is 3.73. The normalized spacial score (nSPS) is 15.3. The van der Waals surface area contributed by atoms with Gasteiger partial charge in [-0.2, -0.15) is 0 Å². The van der Waals surface area contributed by atoms with Gasteiger partial charge in [-0.25, -0.2) is 0 Å². The Labute approximate surface area is 213 Å². The SMILES string of the molecule is CC(=O)OC(C)C(C)C(c1ccc(OC(=O)CC(C)(C)C)c(OC(=O)CC(C)(C)C)c1)[C@H](N)C(=O)O. The average Bonchev–Trinajstić information content (AvgIpc) is 2.66. The van der Waals surface area contributed by atoms with Gasteiger partial charge in [-0.05, 0) is 35.4 Å². The lowest BCUT2D eigenvalue weighted by atomic mass is 9.79. The molecule has 0 saturated carbocycles. The molecule has 1 rings (SSSR count). The van der Waals surface area contributed by atoms with Crippen LogP contribution in [0.25, 0.3) is 0 Å². The maximum atomic E-state index is 12.6. The molecule has 0 fully saturated rings.